The fraction of sp³-hybridized carbons (Fsp3) is 0.733. The summed E-state index contributed by atoms with van der Waals surface area (Å²) in [6.07, 6.45) is 9.74. The lowest BCUT2D eigenvalue weighted by Gasteiger charge is -2.27. The van der Waals surface area contributed by atoms with Crippen LogP contribution in [-0.4, -0.2) is 17.1 Å². The predicted octanol–water partition coefficient (Wildman–Crippen LogP) is 4.21. The van der Waals surface area contributed by atoms with Crippen LogP contribution in [-0.2, 0) is 10.3 Å². The summed E-state index contributed by atoms with van der Waals surface area (Å²) in [5, 5.41) is 0. The lowest BCUT2D eigenvalue weighted by molar-refractivity contribution is -0.0166. The number of H-pyrrole nitrogens is 1. The molecule has 1 aromatic rings. The van der Waals surface area contributed by atoms with E-state index in [1.165, 1.54) is 44.2 Å². The number of ether oxygens (including phenoxy) is 1. The van der Waals surface area contributed by atoms with Gasteiger partial charge in [-0.05, 0) is 50.5 Å². The minimum absolute atomic E-state index is 0.220. The molecule has 0 aromatic carbocycles. The van der Waals surface area contributed by atoms with Crippen molar-refractivity contribution in [2.45, 2.75) is 62.9 Å². The molecule has 19 heavy (non-hydrogen) atoms. The molecule has 1 N–H and O–H groups in total. The third-order valence-corrected chi connectivity index (χ3v) is 5.00. The molecule has 0 radical (unpaired) electrons. The zero-order valence-corrected chi connectivity index (χ0v) is 12.4. The number of methoxy groups -OCH3 is 1. The van der Waals surface area contributed by atoms with Crippen LogP contribution in [0.5, 0.6) is 0 Å². The SMILES string of the molecule is COC1(c2nc(=S)cc(C3CCCC3)[nH]2)CCCC1. The van der Waals surface area contributed by atoms with Crippen molar-refractivity contribution in [3.63, 3.8) is 0 Å². The van der Waals surface area contributed by atoms with Gasteiger partial charge in [-0.25, -0.2) is 4.98 Å². The Morgan fingerprint density at radius 3 is 2.58 bits per heavy atom. The molecule has 104 valence electrons. The molecule has 2 aliphatic rings. The van der Waals surface area contributed by atoms with Crippen molar-refractivity contribution in [3.05, 3.63) is 22.2 Å². The highest BCUT2D eigenvalue weighted by Crippen LogP contribution is 2.41. The number of aromatic amines is 1. The summed E-state index contributed by atoms with van der Waals surface area (Å²) in [7, 11) is 1.80. The zero-order chi connectivity index (χ0) is 13.3. The maximum Gasteiger partial charge on any atom is 0.140 e. The van der Waals surface area contributed by atoms with E-state index in [-0.39, 0.29) is 5.60 Å². The molecule has 2 aliphatic carbocycles. The minimum Gasteiger partial charge on any atom is -0.370 e. The second kappa shape index (κ2) is 5.33. The first kappa shape index (κ1) is 13.3. The van der Waals surface area contributed by atoms with Gasteiger partial charge in [-0.15, -0.1) is 0 Å². The minimum atomic E-state index is -0.220. The second-order valence-electron chi connectivity index (χ2n) is 5.91. The molecule has 0 amide bonds. The molecule has 0 aliphatic heterocycles. The van der Waals surface area contributed by atoms with Gasteiger partial charge in [0, 0.05) is 12.8 Å². The summed E-state index contributed by atoms with van der Waals surface area (Å²) in [6, 6.07) is 2.05. The van der Waals surface area contributed by atoms with E-state index in [0.29, 0.717) is 10.6 Å². The number of hydrogen-bond donors (Lipinski definition) is 1. The largest absolute Gasteiger partial charge is 0.370 e. The normalized spacial score (nSPS) is 23.0. The first-order chi connectivity index (χ1) is 9.23. The summed E-state index contributed by atoms with van der Waals surface area (Å²) in [5.41, 5.74) is 1.05. The first-order valence-electron chi connectivity index (χ1n) is 7.40. The van der Waals surface area contributed by atoms with Crippen LogP contribution in [0, 0.1) is 4.64 Å². The van der Waals surface area contributed by atoms with Crippen LogP contribution in [0.1, 0.15) is 68.8 Å². The van der Waals surface area contributed by atoms with Crippen molar-refractivity contribution in [2.24, 2.45) is 0 Å². The molecule has 1 aromatic heterocycles. The topological polar surface area (TPSA) is 37.9 Å². The standard InChI is InChI=1S/C15H22N2OS/c1-18-15(8-4-5-9-15)14-16-12(10-13(19)17-14)11-6-2-3-7-11/h10-11H,2-9H2,1H3,(H,16,17,19). The number of nitrogens with zero attached hydrogens (tertiary/aromatic N) is 1. The van der Waals surface area contributed by atoms with Gasteiger partial charge in [0.25, 0.3) is 0 Å². The third-order valence-electron chi connectivity index (χ3n) is 4.79. The summed E-state index contributed by atoms with van der Waals surface area (Å²) in [5.74, 6) is 1.60. The Bertz CT molecular complexity index is 499. The Morgan fingerprint density at radius 1 is 1.26 bits per heavy atom. The molecule has 0 atom stereocenters. The predicted molar refractivity (Wildman–Crippen MR) is 77.8 cm³/mol. The Kier molecular flexibility index (Phi) is 3.72. The molecule has 2 fully saturated rings. The first-order valence-corrected chi connectivity index (χ1v) is 7.81. The van der Waals surface area contributed by atoms with Crippen LogP contribution in [0.4, 0.5) is 0 Å². The smallest absolute Gasteiger partial charge is 0.140 e. The van der Waals surface area contributed by atoms with Gasteiger partial charge < -0.3 is 9.72 Å². The van der Waals surface area contributed by atoms with Gasteiger partial charge in [-0.2, -0.15) is 0 Å². The van der Waals surface area contributed by atoms with Crippen molar-refractivity contribution in [1.29, 1.82) is 0 Å². The summed E-state index contributed by atoms with van der Waals surface area (Å²) >= 11 is 5.37. The van der Waals surface area contributed by atoms with Crippen LogP contribution in [0.3, 0.4) is 0 Å². The van der Waals surface area contributed by atoms with Gasteiger partial charge in [0.05, 0.1) is 0 Å². The van der Waals surface area contributed by atoms with E-state index in [2.05, 4.69) is 9.97 Å². The summed E-state index contributed by atoms with van der Waals surface area (Å²) < 4.78 is 6.52. The zero-order valence-electron chi connectivity index (χ0n) is 11.6. The van der Waals surface area contributed by atoms with Crippen molar-refractivity contribution >= 4 is 12.2 Å². The number of rotatable bonds is 3. The van der Waals surface area contributed by atoms with Crippen LogP contribution in [0.25, 0.3) is 0 Å². The molecular weight excluding hydrogens is 256 g/mol. The van der Waals surface area contributed by atoms with E-state index in [1.807, 2.05) is 6.07 Å². The maximum atomic E-state index is 5.82. The molecule has 3 nitrogen and oxygen atoms in total. The van der Waals surface area contributed by atoms with E-state index < -0.39 is 0 Å². The van der Waals surface area contributed by atoms with Gasteiger partial charge in [0.1, 0.15) is 16.1 Å². The fourth-order valence-electron chi connectivity index (χ4n) is 3.63. The van der Waals surface area contributed by atoms with Crippen LogP contribution >= 0.6 is 12.2 Å². The second-order valence-corrected chi connectivity index (χ2v) is 6.33. The Balaban J connectivity index is 1.99. The number of aromatic nitrogens is 2. The Hall–Kier alpha value is -0.740. The molecule has 0 bridgehead atoms. The van der Waals surface area contributed by atoms with Crippen LogP contribution in [0.15, 0.2) is 6.07 Å². The molecule has 3 rings (SSSR count). The van der Waals surface area contributed by atoms with Gasteiger partial charge in [-0.3, -0.25) is 0 Å². The van der Waals surface area contributed by atoms with E-state index in [9.17, 15) is 0 Å². The van der Waals surface area contributed by atoms with Crippen molar-refractivity contribution in [3.8, 4) is 0 Å². The summed E-state index contributed by atoms with van der Waals surface area (Å²) in [4.78, 5) is 8.12. The van der Waals surface area contributed by atoms with Crippen molar-refractivity contribution in [1.82, 2.24) is 9.97 Å². The number of hydrogen-bond acceptors (Lipinski definition) is 3. The lowest BCUT2D eigenvalue weighted by Crippen LogP contribution is -2.28. The molecule has 2 saturated carbocycles. The van der Waals surface area contributed by atoms with Crippen LogP contribution in [0.2, 0.25) is 0 Å². The van der Waals surface area contributed by atoms with Gasteiger partial charge >= 0.3 is 0 Å². The molecule has 1 heterocycles. The molecule has 0 spiro atoms. The summed E-state index contributed by atoms with van der Waals surface area (Å²) in [6.45, 7) is 0. The highest BCUT2D eigenvalue weighted by molar-refractivity contribution is 7.71. The Morgan fingerprint density at radius 2 is 1.95 bits per heavy atom. The van der Waals surface area contributed by atoms with E-state index in [0.717, 1.165) is 18.7 Å². The maximum absolute atomic E-state index is 5.82. The third kappa shape index (κ3) is 2.48. The fourth-order valence-corrected chi connectivity index (χ4v) is 3.85. The average Bonchev–Trinajstić information content (AvgIpc) is 3.10. The Labute approximate surface area is 119 Å². The quantitative estimate of drug-likeness (QED) is 0.842. The van der Waals surface area contributed by atoms with E-state index in [4.69, 9.17) is 17.0 Å². The highest BCUT2D eigenvalue weighted by Gasteiger charge is 2.38. The van der Waals surface area contributed by atoms with Gasteiger partial charge in [0.15, 0.2) is 0 Å². The molecule has 4 heteroatoms. The monoisotopic (exact) mass is 278 g/mol. The van der Waals surface area contributed by atoms with E-state index in [1.54, 1.807) is 7.11 Å². The molecule has 0 unspecified atom stereocenters. The van der Waals surface area contributed by atoms with Crippen molar-refractivity contribution in [2.75, 3.05) is 7.11 Å². The lowest BCUT2D eigenvalue weighted by atomic mass is 9.99. The molecule has 0 saturated heterocycles. The average molecular weight is 278 g/mol. The van der Waals surface area contributed by atoms with Crippen LogP contribution < -0.4 is 0 Å². The number of nitrogens with one attached hydrogen (secondary N) is 1. The van der Waals surface area contributed by atoms with Gasteiger partial charge in [0.2, 0.25) is 0 Å². The van der Waals surface area contributed by atoms with Gasteiger partial charge in [-0.1, -0.05) is 25.1 Å². The van der Waals surface area contributed by atoms with E-state index >= 15 is 0 Å². The highest BCUT2D eigenvalue weighted by atomic mass is 32.1. The molecular formula is C15H22N2OS. The van der Waals surface area contributed by atoms with Crippen molar-refractivity contribution < 1.29 is 4.74 Å².